The molecule has 0 radical (unpaired) electrons. The van der Waals surface area contributed by atoms with Gasteiger partial charge < -0.3 is 19.0 Å². The molecule has 0 spiro atoms. The second-order valence-electron chi connectivity index (χ2n) is 5.71. The summed E-state index contributed by atoms with van der Waals surface area (Å²) in [5.41, 5.74) is 1.64. The van der Waals surface area contributed by atoms with E-state index in [1.807, 2.05) is 0 Å². The van der Waals surface area contributed by atoms with E-state index in [1.165, 1.54) is 6.20 Å². The Morgan fingerprint density at radius 2 is 2.00 bits per heavy atom. The molecule has 1 N–H and O–H groups in total. The molecule has 7 nitrogen and oxygen atoms in total. The third-order valence-electron chi connectivity index (χ3n) is 3.55. The molecule has 130 valence electrons. The van der Waals surface area contributed by atoms with Crippen molar-refractivity contribution in [3.63, 3.8) is 0 Å². The molecule has 0 aliphatic rings. The maximum atomic E-state index is 12.3. The van der Waals surface area contributed by atoms with Crippen molar-refractivity contribution in [3.8, 4) is 0 Å². The highest BCUT2D eigenvalue weighted by atomic mass is 35.5. The predicted octanol–water partition coefficient (Wildman–Crippen LogP) is 2.94. The predicted molar refractivity (Wildman–Crippen MR) is 88.2 cm³/mol. The Morgan fingerprint density at radius 3 is 2.54 bits per heavy atom. The number of nitrogens with zero attached hydrogens (tertiary/aromatic N) is 2. The average Bonchev–Trinajstić information content (AvgIpc) is 2.96. The Labute approximate surface area is 144 Å². The van der Waals surface area contributed by atoms with E-state index >= 15 is 0 Å². The summed E-state index contributed by atoms with van der Waals surface area (Å²) in [6.07, 6.45) is 1.24. The van der Waals surface area contributed by atoms with Crippen LogP contribution in [0, 0.1) is 13.8 Å². The molecule has 0 fully saturated rings. The van der Waals surface area contributed by atoms with Gasteiger partial charge in [0.25, 0.3) is 0 Å². The summed E-state index contributed by atoms with van der Waals surface area (Å²) in [6.45, 7) is 6.89. The van der Waals surface area contributed by atoms with Crippen molar-refractivity contribution in [2.45, 2.75) is 40.4 Å². The summed E-state index contributed by atoms with van der Waals surface area (Å²) in [7, 11) is 1.72. The van der Waals surface area contributed by atoms with Gasteiger partial charge >= 0.3 is 11.9 Å². The van der Waals surface area contributed by atoms with Crippen LogP contribution in [0.4, 0.5) is 0 Å². The second kappa shape index (κ2) is 7.09. The smallest absolute Gasteiger partial charge is 0.355 e. The second-order valence-corrected chi connectivity index (χ2v) is 6.10. The number of halogens is 1. The molecular weight excluding hydrogens is 334 g/mol. The first-order valence-corrected chi connectivity index (χ1v) is 7.83. The van der Waals surface area contributed by atoms with Gasteiger partial charge in [0.15, 0.2) is 0 Å². The summed E-state index contributed by atoms with van der Waals surface area (Å²) < 4.78 is 12.1. The maximum absolute atomic E-state index is 12.3. The van der Waals surface area contributed by atoms with Crippen molar-refractivity contribution in [3.05, 3.63) is 39.7 Å². The highest BCUT2D eigenvalue weighted by molar-refractivity contribution is 6.29. The molecule has 8 heteroatoms. The van der Waals surface area contributed by atoms with Crippen molar-refractivity contribution in [1.29, 1.82) is 0 Å². The normalized spacial score (nSPS) is 11.0. The molecule has 0 aliphatic heterocycles. The monoisotopic (exact) mass is 353 g/mol. The SMILES string of the molecule is Cc1[nH]c(C(=O)OCc2ncc(Cl)n2C)c(C)c1C(=O)OC(C)C. The first-order valence-electron chi connectivity index (χ1n) is 7.45. The zero-order valence-corrected chi connectivity index (χ0v) is 15.0. The molecular formula is C16H20ClN3O4. The topological polar surface area (TPSA) is 86.2 Å². The summed E-state index contributed by atoms with van der Waals surface area (Å²) in [5.74, 6) is -0.516. The van der Waals surface area contributed by atoms with E-state index in [4.69, 9.17) is 21.1 Å². The molecule has 2 aromatic heterocycles. The van der Waals surface area contributed by atoms with Crippen LogP contribution in [-0.2, 0) is 23.1 Å². The van der Waals surface area contributed by atoms with E-state index in [0.29, 0.717) is 27.8 Å². The van der Waals surface area contributed by atoms with Crippen LogP contribution < -0.4 is 0 Å². The molecule has 24 heavy (non-hydrogen) atoms. The minimum Gasteiger partial charge on any atom is -0.459 e. The third kappa shape index (κ3) is 3.62. The van der Waals surface area contributed by atoms with Gasteiger partial charge in [-0.05, 0) is 33.3 Å². The van der Waals surface area contributed by atoms with Crippen LogP contribution in [0.1, 0.15) is 51.8 Å². The Balaban J connectivity index is 2.15. The zero-order chi connectivity index (χ0) is 18.0. The molecule has 0 aromatic carbocycles. The minimum atomic E-state index is -0.571. The standard InChI is InChI=1S/C16H20ClN3O4/c1-8(2)24-15(21)13-9(3)14(19-10(13)4)16(22)23-7-12-18-6-11(17)20(12)5/h6,8,19H,7H2,1-5H3. The fraction of sp³-hybridized carbons (Fsp3) is 0.438. The molecule has 2 rings (SSSR count). The van der Waals surface area contributed by atoms with Crippen molar-refractivity contribution >= 4 is 23.5 Å². The molecule has 0 saturated heterocycles. The van der Waals surface area contributed by atoms with Gasteiger partial charge in [-0.15, -0.1) is 0 Å². The lowest BCUT2D eigenvalue weighted by Gasteiger charge is -2.08. The number of esters is 2. The van der Waals surface area contributed by atoms with Gasteiger partial charge in [0, 0.05) is 12.7 Å². The van der Waals surface area contributed by atoms with Crippen LogP contribution in [0.2, 0.25) is 5.15 Å². The van der Waals surface area contributed by atoms with Crippen molar-refractivity contribution < 1.29 is 19.1 Å². The Bertz CT molecular complexity index is 777. The lowest BCUT2D eigenvalue weighted by atomic mass is 10.1. The number of aromatic amines is 1. The van der Waals surface area contributed by atoms with E-state index in [2.05, 4.69) is 9.97 Å². The number of aromatic nitrogens is 3. The van der Waals surface area contributed by atoms with Gasteiger partial charge in [-0.1, -0.05) is 11.6 Å². The number of ether oxygens (including phenoxy) is 2. The van der Waals surface area contributed by atoms with Gasteiger partial charge in [-0.25, -0.2) is 14.6 Å². The molecule has 0 amide bonds. The van der Waals surface area contributed by atoms with Crippen molar-refractivity contribution in [2.75, 3.05) is 0 Å². The number of aryl methyl sites for hydroxylation is 1. The average molecular weight is 354 g/mol. The molecule has 0 atom stereocenters. The Kier molecular flexibility index (Phi) is 5.33. The van der Waals surface area contributed by atoms with Crippen LogP contribution in [-0.4, -0.2) is 32.6 Å². The van der Waals surface area contributed by atoms with E-state index < -0.39 is 11.9 Å². The van der Waals surface area contributed by atoms with Crippen LogP contribution in [0.25, 0.3) is 0 Å². The molecule has 0 saturated carbocycles. The van der Waals surface area contributed by atoms with Crippen molar-refractivity contribution in [1.82, 2.24) is 14.5 Å². The first kappa shape index (κ1) is 18.1. The maximum Gasteiger partial charge on any atom is 0.355 e. The first-order chi connectivity index (χ1) is 11.2. The van der Waals surface area contributed by atoms with E-state index in [9.17, 15) is 9.59 Å². The van der Waals surface area contributed by atoms with Crippen LogP contribution in [0.3, 0.4) is 0 Å². The van der Waals surface area contributed by atoms with Crippen LogP contribution >= 0.6 is 11.6 Å². The highest BCUT2D eigenvalue weighted by Gasteiger charge is 2.24. The number of nitrogens with one attached hydrogen (secondary N) is 1. The van der Waals surface area contributed by atoms with E-state index in [-0.39, 0.29) is 18.4 Å². The van der Waals surface area contributed by atoms with E-state index in [0.717, 1.165) is 0 Å². The minimum absolute atomic E-state index is 0.0225. The van der Waals surface area contributed by atoms with Crippen LogP contribution in [0.15, 0.2) is 6.20 Å². The molecule has 0 unspecified atom stereocenters. The summed E-state index contributed by atoms with van der Waals surface area (Å²) in [5, 5.41) is 0.451. The summed E-state index contributed by atoms with van der Waals surface area (Å²) >= 11 is 5.89. The fourth-order valence-electron chi connectivity index (χ4n) is 2.29. The molecule has 2 heterocycles. The molecule has 0 bridgehead atoms. The lowest BCUT2D eigenvalue weighted by molar-refractivity contribution is 0.0376. The van der Waals surface area contributed by atoms with Crippen LogP contribution in [0.5, 0.6) is 0 Å². The summed E-state index contributed by atoms with van der Waals surface area (Å²) in [6, 6.07) is 0. The van der Waals surface area contributed by atoms with E-state index in [1.54, 1.807) is 39.3 Å². The summed E-state index contributed by atoms with van der Waals surface area (Å²) in [4.78, 5) is 31.4. The van der Waals surface area contributed by atoms with Gasteiger partial charge in [-0.2, -0.15) is 0 Å². The van der Waals surface area contributed by atoms with Gasteiger partial charge in [0.05, 0.1) is 17.9 Å². The Morgan fingerprint density at radius 1 is 1.33 bits per heavy atom. The number of carbonyl (C=O) groups excluding carboxylic acids is 2. The number of rotatable bonds is 5. The quantitative estimate of drug-likeness (QED) is 0.835. The number of hydrogen-bond acceptors (Lipinski definition) is 5. The largest absolute Gasteiger partial charge is 0.459 e. The number of carbonyl (C=O) groups is 2. The molecule has 0 aliphatic carbocycles. The number of imidazole rings is 1. The molecule has 2 aromatic rings. The number of H-pyrrole nitrogens is 1. The van der Waals surface area contributed by atoms with Crippen molar-refractivity contribution in [2.24, 2.45) is 7.05 Å². The Hall–Kier alpha value is -2.28. The zero-order valence-electron chi connectivity index (χ0n) is 14.3. The lowest BCUT2D eigenvalue weighted by Crippen LogP contribution is -2.13. The highest BCUT2D eigenvalue weighted by Crippen LogP contribution is 2.21. The number of hydrogen-bond donors (Lipinski definition) is 1. The van der Waals surface area contributed by atoms with Gasteiger partial charge in [0.2, 0.25) is 0 Å². The van der Waals surface area contributed by atoms with Gasteiger partial charge in [-0.3, -0.25) is 0 Å². The fourth-order valence-corrected chi connectivity index (χ4v) is 2.44. The van der Waals surface area contributed by atoms with Gasteiger partial charge in [0.1, 0.15) is 23.3 Å². The third-order valence-corrected chi connectivity index (χ3v) is 3.90.